The predicted octanol–water partition coefficient (Wildman–Crippen LogP) is 2.88. The van der Waals surface area contributed by atoms with Crippen molar-refractivity contribution in [3.05, 3.63) is 64.9 Å². The lowest BCUT2D eigenvalue weighted by Gasteiger charge is -2.18. The van der Waals surface area contributed by atoms with Crippen molar-refractivity contribution in [2.24, 2.45) is 5.73 Å². The fourth-order valence-corrected chi connectivity index (χ4v) is 4.08. The zero-order chi connectivity index (χ0) is 24.3. The van der Waals surface area contributed by atoms with Crippen LogP contribution in [0.25, 0.3) is 10.4 Å². The maximum absolute atomic E-state index is 14.8. The van der Waals surface area contributed by atoms with Gasteiger partial charge in [-0.25, -0.2) is 13.8 Å². The molecule has 8 nitrogen and oxygen atoms in total. The van der Waals surface area contributed by atoms with E-state index in [0.717, 1.165) is 23.5 Å². The van der Waals surface area contributed by atoms with E-state index in [1.165, 1.54) is 32.0 Å². The van der Waals surface area contributed by atoms with Gasteiger partial charge in [0.05, 0.1) is 23.3 Å². The molecule has 2 amide bonds. The maximum Gasteiger partial charge on any atom is 0.270 e. The lowest BCUT2D eigenvalue weighted by atomic mass is 9.96. The van der Waals surface area contributed by atoms with Crippen LogP contribution in [0.4, 0.5) is 19.6 Å². The molecule has 1 aromatic carbocycles. The third-order valence-corrected chi connectivity index (χ3v) is 5.68. The number of benzene rings is 1. The second-order valence-electron chi connectivity index (χ2n) is 7.60. The molecule has 0 unspecified atom stereocenters. The Bertz CT molecular complexity index is 1180. The summed E-state index contributed by atoms with van der Waals surface area (Å²) in [6.45, 7) is 2.64. The number of hydrogen-bond donors (Lipinski definition) is 5. The number of thiophene rings is 1. The molecule has 2 aromatic heterocycles. The summed E-state index contributed by atoms with van der Waals surface area (Å²) in [5.74, 6) is -2.95. The Morgan fingerprint density at radius 2 is 1.85 bits per heavy atom. The number of rotatable bonds is 8. The molecule has 0 atom stereocenters. The second kappa shape index (κ2) is 9.61. The van der Waals surface area contributed by atoms with Gasteiger partial charge in [0.15, 0.2) is 0 Å². The number of carbonyl (C=O) groups is 2. The van der Waals surface area contributed by atoms with Crippen LogP contribution in [0, 0.1) is 11.6 Å². The molecule has 0 saturated heterocycles. The van der Waals surface area contributed by atoms with E-state index in [1.54, 1.807) is 6.07 Å². The number of nitrogens with zero attached hydrogens (tertiary/aromatic N) is 1. The monoisotopic (exact) mass is 476 g/mol. The number of aromatic nitrogens is 1. The van der Waals surface area contributed by atoms with Crippen LogP contribution in [-0.2, 0) is 5.60 Å². The Labute approximate surface area is 192 Å². The maximum atomic E-state index is 14.8. The van der Waals surface area contributed by atoms with Gasteiger partial charge in [-0.3, -0.25) is 9.59 Å². The number of pyridine rings is 1. The normalized spacial score (nSPS) is 11.3. The van der Waals surface area contributed by atoms with Crippen molar-refractivity contribution in [2.75, 3.05) is 18.5 Å². The fourth-order valence-electron chi connectivity index (χ4n) is 2.96. The van der Waals surface area contributed by atoms with Gasteiger partial charge in [0.1, 0.15) is 28.1 Å². The van der Waals surface area contributed by atoms with E-state index in [0.29, 0.717) is 0 Å². The molecule has 0 radical (unpaired) electrons. The Hall–Kier alpha value is -3.41. The van der Waals surface area contributed by atoms with Crippen LogP contribution in [0.1, 0.15) is 40.3 Å². The van der Waals surface area contributed by atoms with E-state index in [1.807, 2.05) is 0 Å². The van der Waals surface area contributed by atoms with Gasteiger partial charge >= 0.3 is 0 Å². The lowest BCUT2D eigenvalue weighted by molar-refractivity contribution is 0.0778. The molecule has 0 aliphatic rings. The highest BCUT2D eigenvalue weighted by Gasteiger charge is 2.24. The molecule has 3 rings (SSSR count). The van der Waals surface area contributed by atoms with E-state index in [9.17, 15) is 23.5 Å². The number of aliphatic hydroxyl groups excluding tert-OH is 1. The molecule has 11 heteroatoms. The van der Waals surface area contributed by atoms with Gasteiger partial charge < -0.3 is 26.6 Å². The Balaban J connectivity index is 1.98. The summed E-state index contributed by atoms with van der Waals surface area (Å²) in [6.07, 6.45) is 0. The largest absolute Gasteiger partial charge is 0.395 e. The molecule has 2 heterocycles. The number of primary amides is 1. The molecular weight excluding hydrogens is 454 g/mol. The summed E-state index contributed by atoms with van der Waals surface area (Å²) < 4.78 is 29.6. The summed E-state index contributed by atoms with van der Waals surface area (Å²) in [5, 5.41) is 24.4. The SMILES string of the molecule is CC(C)(O)c1cc(F)c(-c2cc(C(N)=O)c(Nc3cccc(C(=O)NCCO)n3)s2)c(F)c1. The third-order valence-electron chi connectivity index (χ3n) is 4.61. The average molecular weight is 477 g/mol. The number of anilines is 2. The highest BCUT2D eigenvalue weighted by Crippen LogP contribution is 2.40. The van der Waals surface area contributed by atoms with Crippen molar-refractivity contribution in [1.29, 1.82) is 0 Å². The van der Waals surface area contributed by atoms with Gasteiger partial charge in [-0.2, -0.15) is 0 Å². The van der Waals surface area contributed by atoms with Gasteiger partial charge in [0.2, 0.25) is 0 Å². The van der Waals surface area contributed by atoms with Crippen LogP contribution >= 0.6 is 11.3 Å². The fraction of sp³-hybridized carbons (Fsp3) is 0.227. The molecule has 3 aromatic rings. The lowest BCUT2D eigenvalue weighted by Crippen LogP contribution is -2.27. The minimum atomic E-state index is -1.44. The van der Waals surface area contributed by atoms with Crippen molar-refractivity contribution in [1.82, 2.24) is 10.3 Å². The Morgan fingerprint density at radius 1 is 1.18 bits per heavy atom. The topological polar surface area (TPSA) is 138 Å². The van der Waals surface area contributed by atoms with Crippen molar-refractivity contribution >= 4 is 34.0 Å². The van der Waals surface area contributed by atoms with Crippen LogP contribution in [0.15, 0.2) is 36.4 Å². The first-order valence-corrected chi connectivity index (χ1v) is 10.6. The second-order valence-corrected chi connectivity index (χ2v) is 8.66. The summed E-state index contributed by atoms with van der Waals surface area (Å²) in [6, 6.07) is 7.87. The van der Waals surface area contributed by atoms with Crippen molar-refractivity contribution in [2.45, 2.75) is 19.4 Å². The summed E-state index contributed by atoms with van der Waals surface area (Å²) in [5.41, 5.74) is 3.74. The quantitative estimate of drug-likeness (QED) is 0.339. The van der Waals surface area contributed by atoms with E-state index in [2.05, 4.69) is 15.6 Å². The molecule has 33 heavy (non-hydrogen) atoms. The minimum Gasteiger partial charge on any atom is -0.395 e. The summed E-state index contributed by atoms with van der Waals surface area (Å²) in [4.78, 5) is 28.3. The molecular formula is C22H22F2N4O4S. The average Bonchev–Trinajstić information content (AvgIpc) is 3.14. The van der Waals surface area contributed by atoms with Gasteiger partial charge in [0, 0.05) is 11.4 Å². The van der Waals surface area contributed by atoms with E-state index in [4.69, 9.17) is 10.8 Å². The van der Waals surface area contributed by atoms with Crippen LogP contribution < -0.4 is 16.4 Å². The van der Waals surface area contributed by atoms with Gasteiger partial charge in [0.25, 0.3) is 11.8 Å². The number of aliphatic hydroxyl groups is 2. The Kier molecular flexibility index (Phi) is 7.06. The van der Waals surface area contributed by atoms with Crippen LogP contribution in [0.5, 0.6) is 0 Å². The first-order valence-electron chi connectivity index (χ1n) is 9.80. The van der Waals surface area contributed by atoms with Crippen molar-refractivity contribution in [3.63, 3.8) is 0 Å². The number of hydrogen-bond acceptors (Lipinski definition) is 7. The highest BCUT2D eigenvalue weighted by molar-refractivity contribution is 7.20. The molecule has 0 aliphatic heterocycles. The zero-order valence-electron chi connectivity index (χ0n) is 17.8. The molecule has 0 bridgehead atoms. The molecule has 0 fully saturated rings. The highest BCUT2D eigenvalue weighted by atomic mass is 32.1. The predicted molar refractivity (Wildman–Crippen MR) is 120 cm³/mol. The smallest absolute Gasteiger partial charge is 0.270 e. The van der Waals surface area contributed by atoms with Crippen LogP contribution in [0.3, 0.4) is 0 Å². The van der Waals surface area contributed by atoms with Gasteiger partial charge in [-0.05, 0) is 49.7 Å². The first kappa shape index (κ1) is 24.2. The van der Waals surface area contributed by atoms with E-state index in [-0.39, 0.29) is 51.2 Å². The number of carbonyl (C=O) groups excluding carboxylic acids is 2. The number of halogens is 2. The van der Waals surface area contributed by atoms with Crippen molar-refractivity contribution < 1.29 is 28.6 Å². The van der Waals surface area contributed by atoms with E-state index < -0.39 is 29.0 Å². The summed E-state index contributed by atoms with van der Waals surface area (Å²) >= 11 is 0.878. The standard InChI is InChI=1S/C22H22F2N4O4S/c1-22(2,32)11-8-13(23)18(14(24)9-11)16-10-12(19(25)30)21(33-16)28-17-5-3-4-15(27-17)20(31)26-6-7-29/h3-5,8-10,29,32H,6-7H2,1-2H3,(H2,25,30)(H,26,31)(H,27,28). The number of amides is 2. The molecule has 0 spiro atoms. The number of nitrogens with one attached hydrogen (secondary N) is 2. The van der Waals surface area contributed by atoms with Gasteiger partial charge in [-0.15, -0.1) is 11.3 Å². The van der Waals surface area contributed by atoms with Crippen LogP contribution in [-0.4, -0.2) is 40.2 Å². The van der Waals surface area contributed by atoms with Crippen molar-refractivity contribution in [3.8, 4) is 10.4 Å². The molecule has 0 saturated carbocycles. The van der Waals surface area contributed by atoms with Crippen LogP contribution in [0.2, 0.25) is 0 Å². The zero-order valence-corrected chi connectivity index (χ0v) is 18.6. The molecule has 6 N–H and O–H groups in total. The minimum absolute atomic E-state index is 0.0164. The Morgan fingerprint density at radius 3 is 2.42 bits per heavy atom. The molecule has 0 aliphatic carbocycles. The third kappa shape index (κ3) is 5.51. The van der Waals surface area contributed by atoms with Gasteiger partial charge in [-0.1, -0.05) is 6.07 Å². The van der Waals surface area contributed by atoms with E-state index >= 15 is 0 Å². The summed E-state index contributed by atoms with van der Waals surface area (Å²) in [7, 11) is 0. The number of nitrogens with two attached hydrogens (primary N) is 1. The first-order chi connectivity index (χ1) is 15.5. The molecule has 174 valence electrons.